The Morgan fingerprint density at radius 1 is 1.03 bits per heavy atom. The number of rotatable bonds is 4. The summed E-state index contributed by atoms with van der Waals surface area (Å²) in [6.07, 6.45) is 2.44. The molecule has 3 aliphatic rings. The molecule has 0 spiro atoms. The number of hydrogen-bond donors (Lipinski definition) is 0. The van der Waals surface area contributed by atoms with Crippen LogP contribution in [0.25, 0.3) is 0 Å². The Bertz CT molecular complexity index is 908. The van der Waals surface area contributed by atoms with Crippen molar-refractivity contribution >= 4 is 0 Å². The lowest BCUT2D eigenvalue weighted by molar-refractivity contribution is -0.114. The molecule has 0 N–H and O–H groups in total. The molecular weight excluding hydrogens is 366 g/mol. The van der Waals surface area contributed by atoms with Crippen LogP contribution in [0.2, 0.25) is 0 Å². The summed E-state index contributed by atoms with van der Waals surface area (Å²) in [5, 5.41) is 0. The number of likely N-dealkylation sites (tertiary alicyclic amines) is 1. The first kappa shape index (κ1) is 18.6. The van der Waals surface area contributed by atoms with Gasteiger partial charge in [-0.05, 0) is 38.8 Å². The van der Waals surface area contributed by atoms with E-state index in [0.29, 0.717) is 6.61 Å². The smallest absolute Gasteiger partial charge is 0.231 e. The highest BCUT2D eigenvalue weighted by atomic mass is 16.7. The quantitative estimate of drug-likeness (QED) is 0.745. The molecule has 29 heavy (non-hydrogen) atoms. The van der Waals surface area contributed by atoms with Crippen molar-refractivity contribution in [3.8, 4) is 23.0 Å². The molecule has 2 aromatic carbocycles. The molecule has 3 atom stereocenters. The fourth-order valence-electron chi connectivity index (χ4n) is 5.14. The Morgan fingerprint density at radius 3 is 2.52 bits per heavy atom. The van der Waals surface area contributed by atoms with E-state index in [-0.39, 0.29) is 24.4 Å². The summed E-state index contributed by atoms with van der Waals surface area (Å²) in [4.78, 5) is 2.50. The van der Waals surface area contributed by atoms with Gasteiger partial charge in [0.2, 0.25) is 6.79 Å². The molecule has 5 heteroatoms. The van der Waals surface area contributed by atoms with E-state index in [1.54, 1.807) is 0 Å². The van der Waals surface area contributed by atoms with Gasteiger partial charge in [0.15, 0.2) is 17.2 Å². The maximum Gasteiger partial charge on any atom is 0.231 e. The van der Waals surface area contributed by atoms with Crippen LogP contribution >= 0.6 is 0 Å². The van der Waals surface area contributed by atoms with Gasteiger partial charge >= 0.3 is 0 Å². The third-order valence-electron chi connectivity index (χ3n) is 6.79. The molecule has 0 bridgehead atoms. The molecule has 3 heterocycles. The van der Waals surface area contributed by atoms with Gasteiger partial charge < -0.3 is 18.9 Å². The first-order chi connectivity index (χ1) is 14.1. The lowest BCUT2D eigenvalue weighted by Crippen LogP contribution is -2.57. The van der Waals surface area contributed by atoms with Gasteiger partial charge in [0, 0.05) is 42.1 Å². The number of hydrogen-bond acceptors (Lipinski definition) is 5. The first-order valence-corrected chi connectivity index (χ1v) is 10.7. The van der Waals surface area contributed by atoms with Crippen molar-refractivity contribution in [3.63, 3.8) is 0 Å². The van der Waals surface area contributed by atoms with Gasteiger partial charge in [-0.25, -0.2) is 0 Å². The zero-order chi connectivity index (χ0) is 20.0. The topological polar surface area (TPSA) is 40.2 Å². The van der Waals surface area contributed by atoms with Crippen LogP contribution in [0.1, 0.15) is 50.7 Å². The number of ether oxygens (including phenoxy) is 4. The summed E-state index contributed by atoms with van der Waals surface area (Å²) in [6.45, 7) is 9.63. The fourth-order valence-corrected chi connectivity index (χ4v) is 5.14. The lowest BCUT2D eigenvalue weighted by Gasteiger charge is -2.50. The van der Waals surface area contributed by atoms with E-state index in [9.17, 15) is 0 Å². The maximum atomic E-state index is 6.74. The van der Waals surface area contributed by atoms with Gasteiger partial charge in [-0.1, -0.05) is 25.1 Å². The summed E-state index contributed by atoms with van der Waals surface area (Å²) in [5.41, 5.74) is 1.96. The SMILES string of the molecule is CCOc1ccccc1[C@@H]1c2cc3c(cc2O[C@@](C)(N2CCCC2)[C@H]1C)OCO3. The molecule has 0 saturated carbocycles. The number of para-hydroxylation sites is 1. The summed E-state index contributed by atoms with van der Waals surface area (Å²) in [5.74, 6) is 3.76. The van der Waals surface area contributed by atoms with Crippen molar-refractivity contribution in [1.29, 1.82) is 0 Å². The normalized spacial score (nSPS) is 28.1. The minimum absolute atomic E-state index is 0.140. The first-order valence-electron chi connectivity index (χ1n) is 10.7. The number of nitrogens with zero attached hydrogens (tertiary/aromatic N) is 1. The molecule has 0 aromatic heterocycles. The Balaban J connectivity index is 1.68. The summed E-state index contributed by atoms with van der Waals surface area (Å²) >= 11 is 0. The molecule has 1 saturated heterocycles. The molecule has 0 amide bonds. The molecule has 0 unspecified atom stereocenters. The third-order valence-corrected chi connectivity index (χ3v) is 6.79. The second kappa shape index (κ2) is 7.13. The van der Waals surface area contributed by atoms with Crippen molar-refractivity contribution in [2.75, 3.05) is 26.5 Å². The van der Waals surface area contributed by atoms with Crippen LogP contribution in [-0.4, -0.2) is 37.1 Å². The zero-order valence-corrected chi connectivity index (χ0v) is 17.4. The van der Waals surface area contributed by atoms with E-state index in [1.165, 1.54) is 18.4 Å². The van der Waals surface area contributed by atoms with E-state index in [0.717, 1.165) is 41.7 Å². The van der Waals surface area contributed by atoms with Crippen molar-refractivity contribution < 1.29 is 18.9 Å². The lowest BCUT2D eigenvalue weighted by atomic mass is 9.73. The van der Waals surface area contributed by atoms with Crippen LogP contribution in [0.5, 0.6) is 23.0 Å². The monoisotopic (exact) mass is 395 g/mol. The Morgan fingerprint density at radius 2 is 1.76 bits per heavy atom. The summed E-state index contributed by atoms with van der Waals surface area (Å²) in [7, 11) is 0. The van der Waals surface area contributed by atoms with Crippen LogP contribution in [0.4, 0.5) is 0 Å². The Labute approximate surface area is 172 Å². The van der Waals surface area contributed by atoms with E-state index < -0.39 is 0 Å². The maximum absolute atomic E-state index is 6.74. The van der Waals surface area contributed by atoms with E-state index >= 15 is 0 Å². The molecule has 2 aromatic rings. The van der Waals surface area contributed by atoms with E-state index in [1.807, 2.05) is 19.1 Å². The predicted molar refractivity (Wildman–Crippen MR) is 111 cm³/mol. The minimum atomic E-state index is -0.388. The van der Waals surface area contributed by atoms with Crippen LogP contribution in [0.15, 0.2) is 36.4 Å². The van der Waals surface area contributed by atoms with Gasteiger partial charge in [0.25, 0.3) is 0 Å². The average molecular weight is 395 g/mol. The number of benzene rings is 2. The Kier molecular flexibility index (Phi) is 4.58. The average Bonchev–Trinajstić information content (AvgIpc) is 3.41. The highest BCUT2D eigenvalue weighted by molar-refractivity contribution is 5.58. The van der Waals surface area contributed by atoms with E-state index in [4.69, 9.17) is 18.9 Å². The highest BCUT2D eigenvalue weighted by Gasteiger charge is 2.50. The van der Waals surface area contributed by atoms with Crippen LogP contribution in [-0.2, 0) is 0 Å². The summed E-state index contributed by atoms with van der Waals surface area (Å²) < 4.78 is 24.1. The molecule has 5 nitrogen and oxygen atoms in total. The molecular formula is C24H29NO4. The van der Waals surface area contributed by atoms with Crippen LogP contribution < -0.4 is 18.9 Å². The molecule has 154 valence electrons. The zero-order valence-electron chi connectivity index (χ0n) is 17.4. The van der Waals surface area contributed by atoms with Gasteiger partial charge in [-0.15, -0.1) is 0 Å². The van der Waals surface area contributed by atoms with Gasteiger partial charge in [-0.3, -0.25) is 4.90 Å². The fraction of sp³-hybridized carbons (Fsp3) is 0.500. The standard InChI is InChI=1S/C24H29NO4/c1-4-26-19-10-6-5-9-17(19)23-16(2)24(3,25-11-7-8-12-25)29-20-14-22-21(13-18(20)23)27-15-28-22/h5-6,9-10,13-14,16,23H,4,7-8,11-12,15H2,1-3H3/t16-,23+,24+/m0/s1. The third kappa shape index (κ3) is 2.94. The van der Waals surface area contributed by atoms with Crippen LogP contribution in [0.3, 0.4) is 0 Å². The Hall–Kier alpha value is -2.40. The second-order valence-corrected chi connectivity index (χ2v) is 8.33. The largest absolute Gasteiger partial charge is 0.494 e. The van der Waals surface area contributed by atoms with Crippen molar-refractivity contribution in [1.82, 2.24) is 4.90 Å². The van der Waals surface area contributed by atoms with Gasteiger partial charge in [0.1, 0.15) is 11.5 Å². The molecule has 5 rings (SSSR count). The van der Waals surface area contributed by atoms with Crippen LogP contribution in [0, 0.1) is 5.92 Å². The number of fused-ring (bicyclic) bond motifs is 2. The molecule has 0 aliphatic carbocycles. The van der Waals surface area contributed by atoms with Gasteiger partial charge in [0.05, 0.1) is 6.61 Å². The van der Waals surface area contributed by atoms with Crippen molar-refractivity contribution in [2.24, 2.45) is 5.92 Å². The van der Waals surface area contributed by atoms with Gasteiger partial charge in [-0.2, -0.15) is 0 Å². The van der Waals surface area contributed by atoms with Crippen molar-refractivity contribution in [3.05, 3.63) is 47.5 Å². The highest BCUT2D eigenvalue weighted by Crippen LogP contribution is 2.54. The molecule has 3 aliphatic heterocycles. The molecule has 1 fully saturated rings. The minimum Gasteiger partial charge on any atom is -0.494 e. The van der Waals surface area contributed by atoms with Crippen molar-refractivity contribution in [2.45, 2.75) is 45.3 Å². The predicted octanol–water partition coefficient (Wildman–Crippen LogP) is 4.79. The van der Waals surface area contributed by atoms with E-state index in [2.05, 4.69) is 43.0 Å². The second-order valence-electron chi connectivity index (χ2n) is 8.33. The summed E-state index contributed by atoms with van der Waals surface area (Å²) in [6, 6.07) is 12.5. The molecule has 0 radical (unpaired) electrons.